The zero-order chi connectivity index (χ0) is 19.5. The molecule has 0 aliphatic heterocycles. The normalized spacial score (nSPS) is 14.0. The highest BCUT2D eigenvalue weighted by atomic mass is 35.5. The Morgan fingerprint density at radius 1 is 1.12 bits per heavy atom. The van der Waals surface area contributed by atoms with E-state index in [1.165, 1.54) is 12.1 Å². The first-order chi connectivity index (χ1) is 12.1. The van der Waals surface area contributed by atoms with Gasteiger partial charge in [0.2, 0.25) is 5.91 Å². The molecule has 26 heavy (non-hydrogen) atoms. The number of hydrogen-bond acceptors (Lipinski definition) is 2. The smallest absolute Gasteiger partial charge is 0.323 e. The lowest BCUT2D eigenvalue weighted by molar-refractivity contribution is -0.137. The van der Waals surface area contributed by atoms with Crippen LogP contribution in [0, 0.1) is 5.82 Å². The Labute approximate surface area is 153 Å². The third-order valence-electron chi connectivity index (χ3n) is 3.80. The van der Waals surface area contributed by atoms with Crippen LogP contribution in [0.1, 0.15) is 31.0 Å². The van der Waals surface area contributed by atoms with Gasteiger partial charge >= 0.3 is 6.18 Å². The topological polar surface area (TPSA) is 41.1 Å². The molecule has 2 atom stereocenters. The number of nitrogens with one attached hydrogen (secondary N) is 2. The summed E-state index contributed by atoms with van der Waals surface area (Å²) in [6.07, 6.45) is -4.43. The zero-order valence-electron chi connectivity index (χ0n) is 14.0. The molecule has 2 N–H and O–H groups in total. The van der Waals surface area contributed by atoms with Crippen molar-refractivity contribution in [1.29, 1.82) is 0 Å². The van der Waals surface area contributed by atoms with Crippen molar-refractivity contribution in [3.8, 4) is 0 Å². The monoisotopic (exact) mass is 388 g/mol. The molecule has 3 nitrogen and oxygen atoms in total. The van der Waals surface area contributed by atoms with Gasteiger partial charge in [0.05, 0.1) is 22.3 Å². The van der Waals surface area contributed by atoms with Crippen molar-refractivity contribution >= 4 is 23.2 Å². The summed E-state index contributed by atoms with van der Waals surface area (Å²) in [6.45, 7) is 3.22. The molecule has 0 saturated carbocycles. The fraction of sp³-hybridized carbons (Fsp3) is 0.278. The van der Waals surface area contributed by atoms with Crippen molar-refractivity contribution < 1.29 is 22.4 Å². The fourth-order valence-corrected chi connectivity index (χ4v) is 2.58. The van der Waals surface area contributed by atoms with Crippen molar-refractivity contribution in [3.05, 3.63) is 64.4 Å². The average molecular weight is 389 g/mol. The summed E-state index contributed by atoms with van der Waals surface area (Å²) in [5.41, 5.74) is -0.100. The van der Waals surface area contributed by atoms with E-state index in [1.807, 2.05) is 0 Å². The molecule has 2 unspecified atom stereocenters. The predicted molar refractivity (Wildman–Crippen MR) is 92.5 cm³/mol. The van der Waals surface area contributed by atoms with Gasteiger partial charge in [0, 0.05) is 6.04 Å². The minimum atomic E-state index is -4.43. The molecule has 2 aromatic rings. The number of alkyl halides is 3. The second kappa shape index (κ2) is 8.05. The van der Waals surface area contributed by atoms with Crippen molar-refractivity contribution in [2.45, 2.75) is 32.1 Å². The molecule has 0 heterocycles. The molecular weight excluding hydrogens is 372 g/mol. The van der Waals surface area contributed by atoms with Crippen LogP contribution in [0.3, 0.4) is 0 Å². The zero-order valence-corrected chi connectivity index (χ0v) is 14.8. The first-order valence-corrected chi connectivity index (χ1v) is 8.15. The van der Waals surface area contributed by atoms with Crippen LogP contribution in [0.15, 0.2) is 42.5 Å². The molecule has 0 saturated heterocycles. The molecule has 2 aromatic carbocycles. The molecule has 1 amide bonds. The Kier molecular flexibility index (Phi) is 6.26. The Morgan fingerprint density at radius 3 is 2.42 bits per heavy atom. The minimum Gasteiger partial charge on any atom is -0.323 e. The Bertz CT molecular complexity index is 795. The molecule has 0 bridgehead atoms. The summed E-state index contributed by atoms with van der Waals surface area (Å²) in [5.74, 6) is -0.977. The summed E-state index contributed by atoms with van der Waals surface area (Å²) in [6, 6.07) is 7.24. The number of anilines is 1. The molecular formula is C18H17ClF4N2O. The second-order valence-corrected chi connectivity index (χ2v) is 6.25. The number of hydrogen-bond donors (Lipinski definition) is 2. The molecule has 140 valence electrons. The summed E-state index contributed by atoms with van der Waals surface area (Å²) in [7, 11) is 0. The molecule has 8 heteroatoms. The lowest BCUT2D eigenvalue weighted by Gasteiger charge is -2.21. The van der Waals surface area contributed by atoms with Crippen LogP contribution in [0.25, 0.3) is 0 Å². The third kappa shape index (κ3) is 5.19. The van der Waals surface area contributed by atoms with Gasteiger partial charge in [-0.2, -0.15) is 13.2 Å². The largest absolute Gasteiger partial charge is 0.416 e. The second-order valence-electron chi connectivity index (χ2n) is 5.85. The van der Waals surface area contributed by atoms with Crippen LogP contribution in [-0.2, 0) is 11.0 Å². The maximum Gasteiger partial charge on any atom is 0.416 e. The maximum absolute atomic E-state index is 13.0. The lowest BCUT2D eigenvalue weighted by atomic mass is 10.0. The van der Waals surface area contributed by atoms with E-state index < -0.39 is 35.5 Å². The van der Waals surface area contributed by atoms with Crippen LogP contribution in [0.2, 0.25) is 5.02 Å². The van der Waals surface area contributed by atoms with Gasteiger partial charge in [-0.25, -0.2) is 4.39 Å². The van der Waals surface area contributed by atoms with E-state index in [0.29, 0.717) is 5.56 Å². The number of benzene rings is 2. The number of carbonyl (C=O) groups excluding carboxylic acids is 1. The van der Waals surface area contributed by atoms with Crippen LogP contribution in [0.4, 0.5) is 23.2 Å². The number of halogens is 5. The van der Waals surface area contributed by atoms with Gasteiger partial charge in [-0.05, 0) is 49.7 Å². The summed E-state index contributed by atoms with van der Waals surface area (Å²) in [4.78, 5) is 12.2. The summed E-state index contributed by atoms with van der Waals surface area (Å²) < 4.78 is 51.5. The van der Waals surface area contributed by atoms with E-state index in [9.17, 15) is 22.4 Å². The molecule has 0 radical (unpaired) electrons. The maximum atomic E-state index is 13.0. The standard InChI is InChI=1S/C18H17ClF4N2O/c1-10(12-4-3-5-13(8-12)18(21,22)23)24-11(2)17(26)25-16-7-6-14(20)9-15(16)19/h3-11,24H,1-2H3,(H,25,26). The SMILES string of the molecule is CC(NC(C)c1cccc(C(F)(F)F)c1)C(=O)Nc1ccc(F)cc1Cl. The fourth-order valence-electron chi connectivity index (χ4n) is 2.36. The van der Waals surface area contributed by atoms with Crippen molar-refractivity contribution in [3.63, 3.8) is 0 Å². The van der Waals surface area contributed by atoms with Gasteiger partial charge in [0.25, 0.3) is 0 Å². The first-order valence-electron chi connectivity index (χ1n) is 7.77. The van der Waals surface area contributed by atoms with Crippen molar-refractivity contribution in [2.24, 2.45) is 0 Å². The Balaban J connectivity index is 2.04. The highest BCUT2D eigenvalue weighted by molar-refractivity contribution is 6.33. The van der Waals surface area contributed by atoms with E-state index in [2.05, 4.69) is 10.6 Å². The first kappa shape index (κ1) is 20.2. The van der Waals surface area contributed by atoms with Crippen LogP contribution in [0.5, 0.6) is 0 Å². The van der Waals surface area contributed by atoms with Crippen molar-refractivity contribution in [1.82, 2.24) is 5.32 Å². The molecule has 0 fully saturated rings. The van der Waals surface area contributed by atoms with E-state index in [4.69, 9.17) is 11.6 Å². The van der Waals surface area contributed by atoms with Gasteiger partial charge in [0.15, 0.2) is 0 Å². The molecule has 0 aliphatic carbocycles. The summed E-state index contributed by atoms with van der Waals surface area (Å²) in [5, 5.41) is 5.53. The highest BCUT2D eigenvalue weighted by Crippen LogP contribution is 2.30. The minimum absolute atomic E-state index is 0.0523. The van der Waals surface area contributed by atoms with E-state index in [0.717, 1.165) is 24.3 Å². The summed E-state index contributed by atoms with van der Waals surface area (Å²) >= 11 is 5.86. The van der Waals surface area contributed by atoms with Gasteiger partial charge in [-0.3, -0.25) is 10.1 Å². The van der Waals surface area contributed by atoms with Gasteiger partial charge in [-0.15, -0.1) is 0 Å². The van der Waals surface area contributed by atoms with Gasteiger partial charge in [0.1, 0.15) is 5.82 Å². The molecule has 0 aromatic heterocycles. The number of amides is 1. The van der Waals surface area contributed by atoms with Gasteiger partial charge in [-0.1, -0.05) is 23.7 Å². The highest BCUT2D eigenvalue weighted by Gasteiger charge is 2.30. The third-order valence-corrected chi connectivity index (χ3v) is 4.11. The van der Waals surface area contributed by atoms with Crippen molar-refractivity contribution in [2.75, 3.05) is 5.32 Å². The Morgan fingerprint density at radius 2 is 1.81 bits per heavy atom. The van der Waals surface area contributed by atoms with Crippen LogP contribution in [-0.4, -0.2) is 11.9 Å². The van der Waals surface area contributed by atoms with Crippen LogP contribution < -0.4 is 10.6 Å². The lowest BCUT2D eigenvalue weighted by Crippen LogP contribution is -2.39. The predicted octanol–water partition coefficient (Wildman–Crippen LogP) is 5.18. The number of carbonyl (C=O) groups is 1. The van der Waals surface area contributed by atoms with Crippen LogP contribution >= 0.6 is 11.6 Å². The van der Waals surface area contributed by atoms with E-state index in [1.54, 1.807) is 19.9 Å². The average Bonchev–Trinajstić information content (AvgIpc) is 2.56. The van der Waals surface area contributed by atoms with E-state index in [-0.39, 0.29) is 10.7 Å². The quantitative estimate of drug-likeness (QED) is 0.693. The Hall–Kier alpha value is -2.12. The number of rotatable bonds is 5. The molecule has 0 aliphatic rings. The molecule has 0 spiro atoms. The molecule has 2 rings (SSSR count). The van der Waals surface area contributed by atoms with Gasteiger partial charge < -0.3 is 5.32 Å². The van der Waals surface area contributed by atoms with E-state index >= 15 is 0 Å².